The van der Waals surface area contributed by atoms with Gasteiger partial charge in [-0.05, 0) is 37.3 Å². The van der Waals surface area contributed by atoms with Crippen LogP contribution in [0.3, 0.4) is 0 Å². The molecule has 0 aliphatic rings. The number of hydrogen-bond acceptors (Lipinski definition) is 5. The van der Waals surface area contributed by atoms with Crippen molar-refractivity contribution in [1.29, 1.82) is 0 Å². The van der Waals surface area contributed by atoms with E-state index in [2.05, 4.69) is 0 Å². The number of benzene rings is 2. The van der Waals surface area contributed by atoms with E-state index < -0.39 is 39.9 Å². The zero-order valence-corrected chi connectivity index (χ0v) is 17.2. The summed E-state index contributed by atoms with van der Waals surface area (Å²) < 4.78 is 29.6. The predicted molar refractivity (Wildman–Crippen MR) is 104 cm³/mol. The molecule has 1 atom stereocenters. The van der Waals surface area contributed by atoms with Gasteiger partial charge in [-0.1, -0.05) is 46.9 Å². The van der Waals surface area contributed by atoms with Crippen molar-refractivity contribution in [3.8, 4) is 0 Å². The maximum Gasteiger partial charge on any atom is 0.307 e. The van der Waals surface area contributed by atoms with E-state index in [0.29, 0.717) is 10.6 Å². The number of carbonyl (C=O) groups excluding carboxylic acids is 2. The third-order valence-electron chi connectivity index (χ3n) is 3.61. The molecule has 0 aromatic heterocycles. The summed E-state index contributed by atoms with van der Waals surface area (Å²) >= 11 is 17.4. The van der Waals surface area contributed by atoms with Crippen LogP contribution in [0.5, 0.6) is 0 Å². The average Bonchev–Trinajstić information content (AvgIpc) is 2.61. The number of ketones is 1. The second kappa shape index (κ2) is 9.06. The summed E-state index contributed by atoms with van der Waals surface area (Å²) in [5.74, 6) is -1.72. The third-order valence-corrected chi connectivity index (χ3v) is 6.30. The number of hydrogen-bond donors (Lipinski definition) is 0. The molecule has 0 radical (unpaired) electrons. The summed E-state index contributed by atoms with van der Waals surface area (Å²) in [7, 11) is -3.75. The minimum atomic E-state index is -3.75. The second-order valence-corrected chi connectivity index (χ2v) is 9.01. The van der Waals surface area contributed by atoms with E-state index in [-0.39, 0.29) is 14.9 Å². The monoisotopic (exact) mass is 448 g/mol. The van der Waals surface area contributed by atoms with Gasteiger partial charge in [0.15, 0.2) is 15.9 Å². The van der Waals surface area contributed by atoms with Crippen LogP contribution in [-0.2, 0) is 19.4 Å². The smallest absolute Gasteiger partial charge is 0.307 e. The van der Waals surface area contributed by atoms with Crippen LogP contribution in [0.1, 0.15) is 23.7 Å². The number of halogens is 3. The Morgan fingerprint density at radius 1 is 1.04 bits per heavy atom. The van der Waals surface area contributed by atoms with Crippen molar-refractivity contribution >= 4 is 56.4 Å². The van der Waals surface area contributed by atoms with Gasteiger partial charge in [-0.3, -0.25) is 9.59 Å². The van der Waals surface area contributed by atoms with E-state index in [9.17, 15) is 18.0 Å². The Kier molecular flexibility index (Phi) is 7.28. The quantitative estimate of drug-likeness (QED) is 0.455. The summed E-state index contributed by atoms with van der Waals surface area (Å²) in [4.78, 5) is 24.1. The molecule has 1 unspecified atom stereocenters. The lowest BCUT2D eigenvalue weighted by Gasteiger charge is -2.13. The normalized spacial score (nSPS) is 12.4. The highest BCUT2D eigenvalue weighted by Gasteiger charge is 2.22. The summed E-state index contributed by atoms with van der Waals surface area (Å²) in [6, 6.07) is 10.1. The Hall–Kier alpha value is -1.60. The highest BCUT2D eigenvalue weighted by Crippen LogP contribution is 2.25. The van der Waals surface area contributed by atoms with Gasteiger partial charge in [0.05, 0.1) is 27.1 Å². The molecule has 144 valence electrons. The lowest BCUT2D eigenvalue weighted by atomic mass is 10.1. The van der Waals surface area contributed by atoms with Crippen LogP contribution >= 0.6 is 34.8 Å². The minimum Gasteiger partial charge on any atom is -0.454 e. The number of carbonyl (C=O) groups is 2. The molecule has 0 saturated heterocycles. The summed E-state index contributed by atoms with van der Waals surface area (Å²) in [5.41, 5.74) is 0.297. The lowest BCUT2D eigenvalue weighted by molar-refractivity contribution is -0.145. The molecule has 0 heterocycles. The molecule has 0 amide bonds. The Labute approximate surface area is 172 Å². The highest BCUT2D eigenvalue weighted by molar-refractivity contribution is 7.91. The van der Waals surface area contributed by atoms with Crippen LogP contribution in [-0.4, -0.2) is 32.0 Å². The fraction of sp³-hybridized carbons (Fsp3) is 0.222. The van der Waals surface area contributed by atoms with Gasteiger partial charge in [-0.25, -0.2) is 8.42 Å². The fourth-order valence-corrected chi connectivity index (χ4v) is 3.99. The summed E-state index contributed by atoms with van der Waals surface area (Å²) in [6.07, 6.45) is -1.47. The van der Waals surface area contributed by atoms with E-state index in [1.807, 2.05) is 0 Å². The van der Waals surface area contributed by atoms with Gasteiger partial charge in [0, 0.05) is 10.6 Å². The molecule has 0 spiro atoms. The molecule has 0 bridgehead atoms. The van der Waals surface area contributed by atoms with Crippen molar-refractivity contribution in [2.45, 2.75) is 24.3 Å². The number of ether oxygens (including phenoxy) is 1. The molecule has 0 aliphatic carbocycles. The Bertz CT molecular complexity index is 973. The first-order valence-corrected chi connectivity index (χ1v) is 10.6. The van der Waals surface area contributed by atoms with Crippen molar-refractivity contribution in [3.05, 3.63) is 63.1 Å². The van der Waals surface area contributed by atoms with Crippen LogP contribution in [0.25, 0.3) is 0 Å². The van der Waals surface area contributed by atoms with Crippen molar-refractivity contribution in [3.63, 3.8) is 0 Å². The lowest BCUT2D eigenvalue weighted by Crippen LogP contribution is -2.25. The Balaban J connectivity index is 1.96. The minimum absolute atomic E-state index is 0.0484. The molecule has 2 aromatic rings. The van der Waals surface area contributed by atoms with Gasteiger partial charge in [-0.2, -0.15) is 0 Å². The van der Waals surface area contributed by atoms with Gasteiger partial charge < -0.3 is 4.74 Å². The SMILES string of the molecule is CC(OC(=O)CCS(=O)(=O)c1ccc(Cl)c(Cl)c1)C(=O)c1cccc(Cl)c1. The van der Waals surface area contributed by atoms with Gasteiger partial charge in [0.2, 0.25) is 5.78 Å². The molecule has 9 heteroatoms. The molecular weight excluding hydrogens is 435 g/mol. The number of rotatable bonds is 7. The molecule has 0 saturated carbocycles. The van der Waals surface area contributed by atoms with Crippen LogP contribution < -0.4 is 0 Å². The van der Waals surface area contributed by atoms with Crippen LogP contribution in [0, 0.1) is 0 Å². The Morgan fingerprint density at radius 2 is 1.74 bits per heavy atom. The van der Waals surface area contributed by atoms with Crippen molar-refractivity contribution in [2.24, 2.45) is 0 Å². The van der Waals surface area contributed by atoms with Crippen molar-refractivity contribution < 1.29 is 22.7 Å². The molecule has 2 aromatic carbocycles. The number of Topliss-reactive ketones (excluding diaryl/α,β-unsaturated/α-hetero) is 1. The maximum absolute atomic E-state index is 12.3. The van der Waals surface area contributed by atoms with E-state index in [1.54, 1.807) is 18.2 Å². The fourth-order valence-electron chi connectivity index (χ4n) is 2.19. The van der Waals surface area contributed by atoms with Crippen LogP contribution in [0.2, 0.25) is 15.1 Å². The zero-order valence-electron chi connectivity index (χ0n) is 14.1. The molecular formula is C18H15Cl3O5S. The van der Waals surface area contributed by atoms with Gasteiger partial charge >= 0.3 is 5.97 Å². The average molecular weight is 450 g/mol. The largest absolute Gasteiger partial charge is 0.454 e. The first kappa shape index (κ1) is 21.7. The van der Waals surface area contributed by atoms with Crippen molar-refractivity contribution in [2.75, 3.05) is 5.75 Å². The predicted octanol–water partition coefficient (Wildman–Crippen LogP) is 4.63. The standard InChI is InChI=1S/C18H15Cl3O5S/c1-11(18(23)12-3-2-4-13(19)9-12)26-17(22)7-8-27(24,25)14-5-6-15(20)16(21)10-14/h2-6,9-11H,7-8H2,1H3. The number of sulfone groups is 1. The van der Waals surface area contributed by atoms with Crippen LogP contribution in [0.15, 0.2) is 47.4 Å². The molecule has 0 N–H and O–H groups in total. The van der Waals surface area contributed by atoms with Gasteiger partial charge in [-0.15, -0.1) is 0 Å². The van der Waals surface area contributed by atoms with E-state index in [4.69, 9.17) is 39.5 Å². The van der Waals surface area contributed by atoms with E-state index in [1.165, 1.54) is 31.2 Å². The second-order valence-electron chi connectivity index (χ2n) is 5.65. The van der Waals surface area contributed by atoms with Gasteiger partial charge in [0.1, 0.15) is 0 Å². The molecule has 5 nitrogen and oxygen atoms in total. The van der Waals surface area contributed by atoms with E-state index in [0.717, 1.165) is 0 Å². The topological polar surface area (TPSA) is 77.5 Å². The molecule has 2 rings (SSSR count). The van der Waals surface area contributed by atoms with Crippen molar-refractivity contribution in [1.82, 2.24) is 0 Å². The van der Waals surface area contributed by atoms with E-state index >= 15 is 0 Å². The summed E-state index contributed by atoms with van der Waals surface area (Å²) in [6.45, 7) is 1.41. The molecule has 27 heavy (non-hydrogen) atoms. The highest BCUT2D eigenvalue weighted by atomic mass is 35.5. The van der Waals surface area contributed by atoms with Gasteiger partial charge in [0.25, 0.3) is 0 Å². The first-order valence-electron chi connectivity index (χ1n) is 7.77. The third kappa shape index (κ3) is 5.94. The molecule has 0 aliphatic heterocycles. The summed E-state index contributed by atoms with van der Waals surface area (Å²) in [5, 5.41) is 0.705. The zero-order chi connectivity index (χ0) is 20.2. The maximum atomic E-state index is 12.3. The number of esters is 1. The molecule has 0 fully saturated rings. The first-order chi connectivity index (χ1) is 12.6. The van der Waals surface area contributed by atoms with Crippen LogP contribution in [0.4, 0.5) is 0 Å². The Morgan fingerprint density at radius 3 is 2.37 bits per heavy atom.